The molecule has 0 saturated heterocycles. The second kappa shape index (κ2) is 7.51. The zero-order chi connectivity index (χ0) is 18.6. The fraction of sp³-hybridized carbons (Fsp3) is 0.105. The smallest absolute Gasteiger partial charge is 0.256 e. The van der Waals surface area contributed by atoms with E-state index in [2.05, 4.69) is 20.8 Å². The number of amides is 1. The Morgan fingerprint density at radius 3 is 2.33 bits per heavy atom. The summed E-state index contributed by atoms with van der Waals surface area (Å²) in [6.45, 7) is 1.08. The quantitative estimate of drug-likeness (QED) is 0.711. The van der Waals surface area contributed by atoms with Gasteiger partial charge in [-0.2, -0.15) is 0 Å². The summed E-state index contributed by atoms with van der Waals surface area (Å²) in [5, 5.41) is 14.5. The lowest BCUT2D eigenvalue weighted by molar-refractivity contribution is 0.102. The van der Waals surface area contributed by atoms with E-state index in [1.54, 1.807) is 36.4 Å². The Labute approximate surface area is 160 Å². The number of nitrogens with one attached hydrogen (secondary N) is 2. The number of halogens is 1. The van der Waals surface area contributed by atoms with Gasteiger partial charge in [-0.3, -0.25) is 4.79 Å². The third-order valence-corrected chi connectivity index (χ3v) is 4.08. The van der Waals surface area contributed by atoms with Crippen LogP contribution < -0.4 is 20.1 Å². The number of hydrogen-bond donors (Lipinski definition) is 2. The van der Waals surface area contributed by atoms with Crippen LogP contribution in [0, 0.1) is 0 Å². The first-order chi connectivity index (χ1) is 13.2. The van der Waals surface area contributed by atoms with Crippen molar-refractivity contribution < 1.29 is 14.3 Å². The fourth-order valence-corrected chi connectivity index (χ4v) is 2.65. The molecule has 1 amide bonds. The van der Waals surface area contributed by atoms with Gasteiger partial charge in [-0.05, 0) is 48.5 Å². The zero-order valence-electron chi connectivity index (χ0n) is 14.1. The van der Waals surface area contributed by atoms with E-state index < -0.39 is 0 Å². The summed E-state index contributed by atoms with van der Waals surface area (Å²) >= 11 is 5.82. The van der Waals surface area contributed by atoms with Gasteiger partial charge in [-0.15, -0.1) is 10.2 Å². The molecule has 0 fully saturated rings. The molecule has 27 heavy (non-hydrogen) atoms. The molecule has 1 aliphatic rings. The maximum atomic E-state index is 12.2. The molecule has 4 rings (SSSR count). The van der Waals surface area contributed by atoms with Gasteiger partial charge in [0.05, 0.1) is 0 Å². The molecule has 0 bridgehead atoms. The van der Waals surface area contributed by atoms with Crippen LogP contribution in [0.2, 0.25) is 5.02 Å². The number of fused-ring (bicyclic) bond motifs is 1. The van der Waals surface area contributed by atoms with E-state index in [9.17, 15) is 4.79 Å². The Morgan fingerprint density at radius 2 is 1.59 bits per heavy atom. The topological polar surface area (TPSA) is 85.4 Å². The van der Waals surface area contributed by atoms with Gasteiger partial charge in [0.1, 0.15) is 13.2 Å². The summed E-state index contributed by atoms with van der Waals surface area (Å²) in [4.78, 5) is 12.2. The summed E-state index contributed by atoms with van der Waals surface area (Å²) < 4.78 is 11.1. The van der Waals surface area contributed by atoms with Crippen molar-refractivity contribution >= 4 is 34.8 Å². The third-order valence-electron chi connectivity index (χ3n) is 3.83. The van der Waals surface area contributed by atoms with Gasteiger partial charge in [0.15, 0.2) is 23.1 Å². The standard InChI is InChI=1S/C19H15ClN4O3/c20-13-3-1-12(2-4-13)19(25)22-18-8-7-17(23-24-18)21-14-5-6-15-16(11-14)27-10-9-26-15/h1-8,11H,9-10H2,(H,21,23)(H,22,24,25). The molecule has 0 unspecified atom stereocenters. The highest BCUT2D eigenvalue weighted by Crippen LogP contribution is 2.33. The van der Waals surface area contributed by atoms with E-state index in [0.29, 0.717) is 41.2 Å². The van der Waals surface area contributed by atoms with Crippen molar-refractivity contribution in [3.63, 3.8) is 0 Å². The predicted octanol–water partition coefficient (Wildman–Crippen LogP) is 3.90. The number of nitrogens with zero attached hydrogens (tertiary/aromatic N) is 2. The summed E-state index contributed by atoms with van der Waals surface area (Å²) in [5.74, 6) is 2.01. The molecule has 0 atom stereocenters. The highest BCUT2D eigenvalue weighted by Gasteiger charge is 2.12. The van der Waals surface area contributed by atoms with Crippen LogP contribution >= 0.6 is 11.6 Å². The maximum absolute atomic E-state index is 12.2. The van der Waals surface area contributed by atoms with Crippen LogP contribution in [0.1, 0.15) is 10.4 Å². The first kappa shape index (κ1) is 17.1. The van der Waals surface area contributed by atoms with Gasteiger partial charge in [0, 0.05) is 22.3 Å². The minimum atomic E-state index is -0.284. The highest BCUT2D eigenvalue weighted by atomic mass is 35.5. The first-order valence-electron chi connectivity index (χ1n) is 8.25. The minimum absolute atomic E-state index is 0.284. The number of aromatic nitrogens is 2. The lowest BCUT2D eigenvalue weighted by atomic mass is 10.2. The SMILES string of the molecule is O=C(Nc1ccc(Nc2ccc3c(c2)OCCO3)nn1)c1ccc(Cl)cc1. The van der Waals surface area contributed by atoms with Crippen LogP contribution in [0.4, 0.5) is 17.3 Å². The lowest BCUT2D eigenvalue weighted by Gasteiger charge is -2.19. The molecular formula is C19H15ClN4O3. The lowest BCUT2D eigenvalue weighted by Crippen LogP contribution is -2.15. The van der Waals surface area contributed by atoms with E-state index >= 15 is 0 Å². The normalized spacial score (nSPS) is 12.3. The van der Waals surface area contributed by atoms with Crippen molar-refractivity contribution in [2.45, 2.75) is 0 Å². The summed E-state index contributed by atoms with van der Waals surface area (Å²) in [6.07, 6.45) is 0. The Kier molecular flexibility index (Phi) is 4.76. The van der Waals surface area contributed by atoms with Crippen molar-refractivity contribution in [3.8, 4) is 11.5 Å². The van der Waals surface area contributed by atoms with Crippen LogP contribution in [0.25, 0.3) is 0 Å². The molecule has 2 N–H and O–H groups in total. The Balaban J connectivity index is 1.41. The van der Waals surface area contributed by atoms with Crippen LogP contribution in [0.15, 0.2) is 54.6 Å². The molecule has 7 nitrogen and oxygen atoms in total. The second-order valence-corrected chi connectivity index (χ2v) is 6.18. The average molecular weight is 383 g/mol. The van der Waals surface area contributed by atoms with Crippen molar-refractivity contribution in [2.75, 3.05) is 23.8 Å². The van der Waals surface area contributed by atoms with Crippen molar-refractivity contribution in [1.29, 1.82) is 0 Å². The number of ether oxygens (including phenoxy) is 2. The van der Waals surface area contributed by atoms with Crippen molar-refractivity contribution in [2.24, 2.45) is 0 Å². The van der Waals surface area contributed by atoms with E-state index in [1.807, 2.05) is 18.2 Å². The van der Waals surface area contributed by atoms with Crippen LogP contribution in [0.3, 0.4) is 0 Å². The average Bonchev–Trinajstić information content (AvgIpc) is 2.70. The summed E-state index contributed by atoms with van der Waals surface area (Å²) in [7, 11) is 0. The first-order valence-corrected chi connectivity index (χ1v) is 8.62. The molecule has 0 aliphatic carbocycles. The predicted molar refractivity (Wildman–Crippen MR) is 102 cm³/mol. The van der Waals surface area contributed by atoms with Gasteiger partial charge in [-0.1, -0.05) is 11.6 Å². The molecule has 136 valence electrons. The number of benzene rings is 2. The molecule has 3 aromatic rings. The Hall–Kier alpha value is -3.32. The number of anilines is 3. The van der Waals surface area contributed by atoms with Gasteiger partial charge in [0.25, 0.3) is 5.91 Å². The van der Waals surface area contributed by atoms with E-state index in [4.69, 9.17) is 21.1 Å². The third kappa shape index (κ3) is 4.09. The molecule has 0 saturated carbocycles. The number of rotatable bonds is 4. The maximum Gasteiger partial charge on any atom is 0.256 e. The highest BCUT2D eigenvalue weighted by molar-refractivity contribution is 6.30. The second-order valence-electron chi connectivity index (χ2n) is 5.75. The van der Waals surface area contributed by atoms with E-state index in [1.165, 1.54) is 0 Å². The molecule has 0 spiro atoms. The van der Waals surface area contributed by atoms with E-state index in [0.717, 1.165) is 11.4 Å². The summed E-state index contributed by atoms with van der Waals surface area (Å²) in [5.41, 5.74) is 1.28. The number of carbonyl (C=O) groups is 1. The summed E-state index contributed by atoms with van der Waals surface area (Å²) in [6, 6.07) is 15.5. The molecule has 2 heterocycles. The van der Waals surface area contributed by atoms with E-state index in [-0.39, 0.29) is 5.91 Å². The number of hydrogen-bond acceptors (Lipinski definition) is 6. The molecular weight excluding hydrogens is 368 g/mol. The van der Waals surface area contributed by atoms with Gasteiger partial charge >= 0.3 is 0 Å². The van der Waals surface area contributed by atoms with Crippen LogP contribution in [0.5, 0.6) is 11.5 Å². The van der Waals surface area contributed by atoms with Crippen molar-refractivity contribution in [3.05, 3.63) is 65.2 Å². The molecule has 1 aromatic heterocycles. The monoisotopic (exact) mass is 382 g/mol. The van der Waals surface area contributed by atoms with Gasteiger partial charge in [-0.25, -0.2) is 0 Å². The van der Waals surface area contributed by atoms with Crippen molar-refractivity contribution in [1.82, 2.24) is 10.2 Å². The largest absolute Gasteiger partial charge is 0.486 e. The van der Waals surface area contributed by atoms with Crippen LogP contribution in [-0.2, 0) is 0 Å². The Bertz CT molecular complexity index is 962. The zero-order valence-corrected chi connectivity index (χ0v) is 14.9. The number of carbonyl (C=O) groups excluding carboxylic acids is 1. The fourth-order valence-electron chi connectivity index (χ4n) is 2.52. The van der Waals surface area contributed by atoms with Gasteiger partial charge < -0.3 is 20.1 Å². The van der Waals surface area contributed by atoms with Gasteiger partial charge in [0.2, 0.25) is 0 Å². The Morgan fingerprint density at radius 1 is 0.889 bits per heavy atom. The molecule has 8 heteroatoms. The molecule has 0 radical (unpaired) electrons. The van der Waals surface area contributed by atoms with Crippen LogP contribution in [-0.4, -0.2) is 29.3 Å². The molecule has 2 aromatic carbocycles. The molecule has 1 aliphatic heterocycles. The minimum Gasteiger partial charge on any atom is -0.486 e.